The summed E-state index contributed by atoms with van der Waals surface area (Å²) in [6.07, 6.45) is 5.72. The minimum Gasteiger partial charge on any atom is -0.300 e. The van der Waals surface area contributed by atoms with E-state index in [1.807, 2.05) is 11.8 Å². The second-order valence-electron chi connectivity index (χ2n) is 4.73. The van der Waals surface area contributed by atoms with Crippen molar-refractivity contribution >= 4 is 11.8 Å². The van der Waals surface area contributed by atoms with Crippen LogP contribution >= 0.6 is 11.8 Å². The highest BCUT2D eigenvalue weighted by atomic mass is 32.2. The van der Waals surface area contributed by atoms with Crippen LogP contribution in [-0.2, 0) is 0 Å². The molecule has 1 aliphatic carbocycles. The molecule has 0 bridgehead atoms. The fraction of sp³-hybridized carbons (Fsp3) is 0.600. The number of benzene rings is 1. The van der Waals surface area contributed by atoms with Crippen LogP contribution in [0, 0.1) is 0 Å². The van der Waals surface area contributed by atoms with Crippen LogP contribution in [0.1, 0.15) is 32.6 Å². The van der Waals surface area contributed by atoms with E-state index in [4.69, 9.17) is 0 Å². The zero-order valence-electron chi connectivity index (χ0n) is 10.8. The first kappa shape index (κ1) is 13.0. The van der Waals surface area contributed by atoms with Gasteiger partial charge in [-0.25, -0.2) is 0 Å². The van der Waals surface area contributed by atoms with Gasteiger partial charge in [-0.05, 0) is 31.5 Å². The van der Waals surface area contributed by atoms with Crippen molar-refractivity contribution in [2.24, 2.45) is 0 Å². The average molecular weight is 249 g/mol. The zero-order valence-corrected chi connectivity index (χ0v) is 11.6. The van der Waals surface area contributed by atoms with E-state index in [0.29, 0.717) is 0 Å². The molecule has 94 valence electrons. The maximum atomic E-state index is 2.67. The van der Waals surface area contributed by atoms with Crippen LogP contribution in [0.5, 0.6) is 0 Å². The lowest BCUT2D eigenvalue weighted by molar-refractivity contribution is 0.222. The molecule has 1 nitrogen and oxygen atoms in total. The highest BCUT2D eigenvalue weighted by Crippen LogP contribution is 2.24. The first-order valence-corrected chi connectivity index (χ1v) is 7.80. The molecule has 2 rings (SSSR count). The van der Waals surface area contributed by atoms with E-state index < -0.39 is 0 Å². The largest absolute Gasteiger partial charge is 0.300 e. The molecule has 0 aliphatic heterocycles. The molecule has 1 aromatic rings. The van der Waals surface area contributed by atoms with Crippen molar-refractivity contribution < 1.29 is 0 Å². The monoisotopic (exact) mass is 249 g/mol. The quantitative estimate of drug-likeness (QED) is 0.700. The summed E-state index contributed by atoms with van der Waals surface area (Å²) in [5.41, 5.74) is 0. The Kier molecular flexibility index (Phi) is 5.40. The SMILES string of the molecule is CCN(CCSc1ccccc1)C1CCCC1. The van der Waals surface area contributed by atoms with E-state index in [1.165, 1.54) is 49.4 Å². The average Bonchev–Trinajstić information content (AvgIpc) is 2.90. The molecule has 1 fully saturated rings. The van der Waals surface area contributed by atoms with E-state index in [9.17, 15) is 0 Å². The van der Waals surface area contributed by atoms with E-state index in [-0.39, 0.29) is 0 Å². The third-order valence-electron chi connectivity index (χ3n) is 3.64. The van der Waals surface area contributed by atoms with Gasteiger partial charge in [-0.15, -0.1) is 11.8 Å². The van der Waals surface area contributed by atoms with Gasteiger partial charge < -0.3 is 0 Å². The molecule has 0 aromatic heterocycles. The van der Waals surface area contributed by atoms with Crippen LogP contribution in [-0.4, -0.2) is 29.8 Å². The Hall–Kier alpha value is -0.470. The van der Waals surface area contributed by atoms with Gasteiger partial charge in [0.05, 0.1) is 0 Å². The van der Waals surface area contributed by atoms with Crippen LogP contribution in [0.15, 0.2) is 35.2 Å². The molecule has 0 amide bonds. The Morgan fingerprint density at radius 2 is 1.88 bits per heavy atom. The number of rotatable bonds is 6. The molecule has 0 heterocycles. The summed E-state index contributed by atoms with van der Waals surface area (Å²) in [7, 11) is 0. The number of nitrogens with zero attached hydrogens (tertiary/aromatic N) is 1. The van der Waals surface area contributed by atoms with E-state index in [1.54, 1.807) is 0 Å². The summed E-state index contributed by atoms with van der Waals surface area (Å²) in [5, 5.41) is 0. The zero-order chi connectivity index (χ0) is 11.9. The van der Waals surface area contributed by atoms with Crippen molar-refractivity contribution in [1.82, 2.24) is 4.90 Å². The van der Waals surface area contributed by atoms with Gasteiger partial charge in [0.1, 0.15) is 0 Å². The first-order chi connectivity index (χ1) is 8.40. The van der Waals surface area contributed by atoms with Gasteiger partial charge >= 0.3 is 0 Å². The molecule has 0 atom stereocenters. The Bertz CT molecular complexity index is 306. The Morgan fingerprint density at radius 1 is 1.18 bits per heavy atom. The van der Waals surface area contributed by atoms with E-state index in [2.05, 4.69) is 42.2 Å². The van der Waals surface area contributed by atoms with Crippen molar-refractivity contribution in [3.05, 3.63) is 30.3 Å². The molecule has 0 N–H and O–H groups in total. The molecule has 2 heteroatoms. The molecule has 17 heavy (non-hydrogen) atoms. The standard InChI is InChI=1S/C15H23NS/c1-2-16(14-8-6-7-9-14)12-13-17-15-10-4-3-5-11-15/h3-5,10-11,14H,2,6-9,12-13H2,1H3. The topological polar surface area (TPSA) is 3.24 Å². The minimum atomic E-state index is 0.872. The van der Waals surface area contributed by atoms with Crippen molar-refractivity contribution in [3.63, 3.8) is 0 Å². The van der Waals surface area contributed by atoms with Gasteiger partial charge in [0.15, 0.2) is 0 Å². The van der Waals surface area contributed by atoms with E-state index >= 15 is 0 Å². The van der Waals surface area contributed by atoms with E-state index in [0.717, 1.165) is 6.04 Å². The summed E-state index contributed by atoms with van der Waals surface area (Å²) in [4.78, 5) is 4.07. The molecule has 1 aromatic carbocycles. The van der Waals surface area contributed by atoms with Gasteiger partial charge in [-0.1, -0.05) is 38.0 Å². The normalized spacial score (nSPS) is 16.8. The molecular formula is C15H23NS. The highest BCUT2D eigenvalue weighted by molar-refractivity contribution is 7.99. The van der Waals surface area contributed by atoms with Crippen molar-refractivity contribution in [1.29, 1.82) is 0 Å². The van der Waals surface area contributed by atoms with Crippen molar-refractivity contribution in [2.45, 2.75) is 43.5 Å². The number of hydrogen-bond acceptors (Lipinski definition) is 2. The molecule has 0 saturated heterocycles. The fourth-order valence-electron chi connectivity index (χ4n) is 2.67. The lowest BCUT2D eigenvalue weighted by Crippen LogP contribution is -2.34. The third kappa shape index (κ3) is 4.04. The lowest BCUT2D eigenvalue weighted by atomic mass is 10.2. The third-order valence-corrected chi connectivity index (χ3v) is 4.63. The van der Waals surface area contributed by atoms with Crippen LogP contribution < -0.4 is 0 Å². The summed E-state index contributed by atoms with van der Waals surface area (Å²) in [6, 6.07) is 11.6. The van der Waals surface area contributed by atoms with Gasteiger partial charge in [-0.2, -0.15) is 0 Å². The summed E-state index contributed by atoms with van der Waals surface area (Å²) in [6.45, 7) is 4.74. The van der Waals surface area contributed by atoms with Gasteiger partial charge in [0.25, 0.3) is 0 Å². The number of thioether (sulfide) groups is 1. The van der Waals surface area contributed by atoms with Crippen molar-refractivity contribution in [3.8, 4) is 0 Å². The maximum absolute atomic E-state index is 2.67. The summed E-state index contributed by atoms with van der Waals surface area (Å²) < 4.78 is 0. The predicted octanol–water partition coefficient (Wildman–Crippen LogP) is 4.04. The lowest BCUT2D eigenvalue weighted by Gasteiger charge is -2.27. The van der Waals surface area contributed by atoms with Gasteiger partial charge in [-0.3, -0.25) is 4.90 Å². The molecule has 0 unspecified atom stereocenters. The second-order valence-corrected chi connectivity index (χ2v) is 5.90. The minimum absolute atomic E-state index is 0.872. The molecule has 1 aliphatic rings. The molecule has 1 saturated carbocycles. The Morgan fingerprint density at radius 3 is 2.53 bits per heavy atom. The summed E-state index contributed by atoms with van der Waals surface area (Å²) in [5.74, 6) is 1.22. The molecular weight excluding hydrogens is 226 g/mol. The molecule has 0 spiro atoms. The highest BCUT2D eigenvalue weighted by Gasteiger charge is 2.20. The van der Waals surface area contributed by atoms with Crippen LogP contribution in [0.25, 0.3) is 0 Å². The summed E-state index contributed by atoms with van der Waals surface area (Å²) >= 11 is 1.98. The van der Waals surface area contributed by atoms with Crippen molar-refractivity contribution in [2.75, 3.05) is 18.8 Å². The maximum Gasteiger partial charge on any atom is 0.0108 e. The Labute approximate surface area is 110 Å². The van der Waals surface area contributed by atoms with Crippen LogP contribution in [0.4, 0.5) is 0 Å². The predicted molar refractivity (Wildman–Crippen MR) is 76.7 cm³/mol. The number of hydrogen-bond donors (Lipinski definition) is 0. The molecule has 0 radical (unpaired) electrons. The van der Waals surface area contributed by atoms with Crippen LogP contribution in [0.2, 0.25) is 0 Å². The fourth-order valence-corrected chi connectivity index (χ4v) is 3.58. The first-order valence-electron chi connectivity index (χ1n) is 6.82. The van der Waals surface area contributed by atoms with Crippen LogP contribution in [0.3, 0.4) is 0 Å². The Balaban J connectivity index is 1.72. The smallest absolute Gasteiger partial charge is 0.0108 e. The van der Waals surface area contributed by atoms with Gasteiger partial charge in [0, 0.05) is 23.2 Å². The van der Waals surface area contributed by atoms with Gasteiger partial charge in [0.2, 0.25) is 0 Å². The second kappa shape index (κ2) is 7.07.